The van der Waals surface area contributed by atoms with Gasteiger partial charge in [-0.15, -0.1) is 0 Å². The molecule has 0 heterocycles. The van der Waals surface area contributed by atoms with Crippen LogP contribution in [0.15, 0.2) is 24.3 Å². The Morgan fingerprint density at radius 2 is 1.54 bits per heavy atom. The zero-order valence-electron chi connectivity index (χ0n) is 13.4. The van der Waals surface area contributed by atoms with Gasteiger partial charge in [0.1, 0.15) is 5.75 Å². The van der Waals surface area contributed by atoms with Crippen molar-refractivity contribution in [1.82, 2.24) is 5.32 Å². The summed E-state index contributed by atoms with van der Waals surface area (Å²) in [7, 11) is -4.05. The Kier molecular flexibility index (Phi) is 3.61. The molecule has 0 radical (unpaired) electrons. The van der Waals surface area contributed by atoms with E-state index in [9.17, 15) is 13.2 Å². The summed E-state index contributed by atoms with van der Waals surface area (Å²) in [5.74, 6) is 2.30. The van der Waals surface area contributed by atoms with E-state index in [0.29, 0.717) is 5.56 Å². The Balaban J connectivity index is 1.46. The molecule has 7 heteroatoms. The number of benzene rings is 1. The van der Waals surface area contributed by atoms with Crippen molar-refractivity contribution in [3.05, 3.63) is 29.8 Å². The maximum atomic E-state index is 12.6. The molecule has 4 aliphatic carbocycles. The molecule has 0 unspecified atom stereocenters. The minimum atomic E-state index is -4.05. The third-order valence-electron chi connectivity index (χ3n) is 5.75. The average Bonchev–Trinajstić information content (AvgIpc) is 2.44. The number of carbonyl (C=O) groups is 1. The summed E-state index contributed by atoms with van der Waals surface area (Å²) in [4.78, 5) is 12.6. The number of carbonyl (C=O) groups excluding carboxylic acids is 1. The van der Waals surface area contributed by atoms with Crippen LogP contribution < -0.4 is 14.6 Å². The predicted octanol–water partition coefficient (Wildman–Crippen LogP) is 1.97. The highest BCUT2D eigenvalue weighted by atomic mass is 32.2. The lowest BCUT2D eigenvalue weighted by molar-refractivity contribution is -0.0167. The molecule has 0 aromatic heterocycles. The lowest BCUT2D eigenvalue weighted by Crippen LogP contribution is -2.59. The molecule has 24 heavy (non-hydrogen) atoms. The van der Waals surface area contributed by atoms with Gasteiger partial charge in [-0.05, 0) is 80.5 Å². The molecule has 0 aliphatic heterocycles. The van der Waals surface area contributed by atoms with Gasteiger partial charge >= 0.3 is 10.3 Å². The monoisotopic (exact) mass is 350 g/mol. The third-order valence-corrected chi connectivity index (χ3v) is 6.17. The second-order valence-electron chi connectivity index (χ2n) is 7.75. The van der Waals surface area contributed by atoms with Gasteiger partial charge < -0.3 is 9.50 Å². The quantitative estimate of drug-likeness (QED) is 0.867. The topological polar surface area (TPSA) is 98.5 Å². The van der Waals surface area contributed by atoms with Crippen molar-refractivity contribution in [1.29, 1.82) is 0 Å². The van der Waals surface area contributed by atoms with Crippen LogP contribution in [0.1, 0.15) is 48.9 Å². The fourth-order valence-corrected chi connectivity index (χ4v) is 5.75. The number of nitrogens with one attached hydrogen (secondary N) is 1. The van der Waals surface area contributed by atoms with Crippen molar-refractivity contribution in [2.24, 2.45) is 22.9 Å². The molecular formula is C17H22N2O4S. The van der Waals surface area contributed by atoms with E-state index in [-0.39, 0.29) is 17.2 Å². The maximum Gasteiger partial charge on any atom is 0.380 e. The van der Waals surface area contributed by atoms with Gasteiger partial charge in [0.05, 0.1) is 0 Å². The van der Waals surface area contributed by atoms with Crippen molar-refractivity contribution in [2.45, 2.75) is 44.1 Å². The Morgan fingerprint density at radius 3 is 2.00 bits per heavy atom. The standard InChI is InChI=1S/C17H22N2O4S/c18-24(21,22)23-15-3-1-14(2-4-15)16(20)19-17-8-11-5-12(9-17)7-13(6-11)10-17/h1-4,11-13H,5-10H2,(H,19,20)(H2,18,21,22). The van der Waals surface area contributed by atoms with Gasteiger partial charge in [0.25, 0.3) is 5.91 Å². The minimum absolute atomic E-state index is 0.0401. The Morgan fingerprint density at radius 1 is 1.04 bits per heavy atom. The summed E-state index contributed by atoms with van der Waals surface area (Å²) in [6, 6.07) is 6.02. The number of hydrogen-bond acceptors (Lipinski definition) is 4. The van der Waals surface area contributed by atoms with Crippen LogP contribution in [0.2, 0.25) is 0 Å². The smallest absolute Gasteiger partial charge is 0.371 e. The Hall–Kier alpha value is -1.60. The van der Waals surface area contributed by atoms with E-state index in [1.54, 1.807) is 12.1 Å². The maximum absolute atomic E-state index is 12.6. The molecule has 6 nitrogen and oxygen atoms in total. The van der Waals surface area contributed by atoms with Gasteiger partial charge in [-0.25, -0.2) is 0 Å². The van der Waals surface area contributed by atoms with E-state index < -0.39 is 10.3 Å². The van der Waals surface area contributed by atoms with Crippen molar-refractivity contribution in [3.8, 4) is 5.75 Å². The first-order valence-corrected chi connectivity index (χ1v) is 9.92. The van der Waals surface area contributed by atoms with Gasteiger partial charge in [0, 0.05) is 11.1 Å². The SMILES string of the molecule is NS(=O)(=O)Oc1ccc(C(=O)NC23CC4CC(CC(C4)C2)C3)cc1. The van der Waals surface area contributed by atoms with Gasteiger partial charge in [-0.3, -0.25) is 4.79 Å². The molecule has 3 N–H and O–H groups in total. The summed E-state index contributed by atoms with van der Waals surface area (Å²) in [5, 5.41) is 8.12. The Labute approximate surface area is 142 Å². The van der Waals surface area contributed by atoms with Crippen molar-refractivity contribution < 1.29 is 17.4 Å². The molecule has 1 amide bonds. The second kappa shape index (κ2) is 5.46. The largest absolute Gasteiger partial charge is 0.380 e. The van der Waals surface area contributed by atoms with E-state index in [2.05, 4.69) is 9.50 Å². The molecule has 4 aliphatic rings. The lowest BCUT2D eigenvalue weighted by atomic mass is 9.53. The number of rotatable bonds is 4. The van der Waals surface area contributed by atoms with Gasteiger partial charge in [0.15, 0.2) is 0 Å². The molecule has 1 aromatic rings. The molecule has 5 rings (SSSR count). The highest BCUT2D eigenvalue weighted by Crippen LogP contribution is 2.55. The zero-order chi connectivity index (χ0) is 16.9. The van der Waals surface area contributed by atoms with E-state index in [1.165, 1.54) is 31.4 Å². The first kappa shape index (κ1) is 15.9. The summed E-state index contributed by atoms with van der Waals surface area (Å²) in [5.41, 5.74) is 0.467. The molecule has 0 atom stereocenters. The van der Waals surface area contributed by atoms with E-state index in [1.807, 2.05) is 0 Å². The molecule has 0 spiro atoms. The predicted molar refractivity (Wildman–Crippen MR) is 88.5 cm³/mol. The Bertz CT molecular complexity index is 722. The summed E-state index contributed by atoms with van der Waals surface area (Å²) in [6.07, 6.45) is 7.27. The highest BCUT2D eigenvalue weighted by molar-refractivity contribution is 7.84. The van der Waals surface area contributed by atoms with Crippen LogP contribution in [0, 0.1) is 17.8 Å². The first-order chi connectivity index (χ1) is 11.3. The molecule has 0 saturated heterocycles. The van der Waals surface area contributed by atoms with Crippen LogP contribution in [0.4, 0.5) is 0 Å². The average molecular weight is 350 g/mol. The number of amides is 1. The first-order valence-electron chi connectivity index (χ1n) is 8.45. The van der Waals surface area contributed by atoms with Crippen LogP contribution in [0.5, 0.6) is 5.75 Å². The van der Waals surface area contributed by atoms with Gasteiger partial charge in [0.2, 0.25) is 0 Å². The van der Waals surface area contributed by atoms with Gasteiger partial charge in [-0.2, -0.15) is 13.6 Å². The summed E-state index contributed by atoms with van der Waals surface area (Å²) < 4.78 is 26.4. The van der Waals surface area contributed by atoms with E-state index in [0.717, 1.165) is 37.0 Å². The highest BCUT2D eigenvalue weighted by Gasteiger charge is 2.51. The fraction of sp³-hybridized carbons (Fsp3) is 0.588. The molecule has 4 bridgehead atoms. The van der Waals surface area contributed by atoms with Crippen molar-refractivity contribution in [2.75, 3.05) is 0 Å². The molecular weight excluding hydrogens is 328 g/mol. The molecule has 4 fully saturated rings. The summed E-state index contributed by atoms with van der Waals surface area (Å²) in [6.45, 7) is 0. The van der Waals surface area contributed by atoms with Crippen LogP contribution in [-0.4, -0.2) is 19.9 Å². The zero-order valence-corrected chi connectivity index (χ0v) is 14.2. The fourth-order valence-electron chi connectivity index (χ4n) is 5.37. The number of nitrogens with two attached hydrogens (primary N) is 1. The van der Waals surface area contributed by atoms with Gasteiger partial charge in [-0.1, -0.05) is 0 Å². The van der Waals surface area contributed by atoms with E-state index >= 15 is 0 Å². The van der Waals surface area contributed by atoms with Crippen LogP contribution in [-0.2, 0) is 10.3 Å². The third kappa shape index (κ3) is 3.15. The van der Waals surface area contributed by atoms with Crippen molar-refractivity contribution in [3.63, 3.8) is 0 Å². The number of hydrogen-bond donors (Lipinski definition) is 2. The van der Waals surface area contributed by atoms with E-state index in [4.69, 9.17) is 5.14 Å². The van der Waals surface area contributed by atoms with Crippen LogP contribution in [0.25, 0.3) is 0 Å². The molecule has 4 saturated carbocycles. The lowest BCUT2D eigenvalue weighted by Gasteiger charge is -2.56. The summed E-state index contributed by atoms with van der Waals surface area (Å²) >= 11 is 0. The van der Waals surface area contributed by atoms with Crippen LogP contribution in [0.3, 0.4) is 0 Å². The van der Waals surface area contributed by atoms with Crippen LogP contribution >= 0.6 is 0 Å². The van der Waals surface area contributed by atoms with Crippen molar-refractivity contribution >= 4 is 16.2 Å². The second-order valence-corrected chi connectivity index (χ2v) is 8.90. The minimum Gasteiger partial charge on any atom is -0.371 e. The molecule has 130 valence electrons. The normalized spacial score (nSPS) is 34.1. The molecule has 1 aromatic carbocycles.